The molecule has 2 atom stereocenters. The van der Waals surface area contributed by atoms with E-state index in [-0.39, 0.29) is 30.2 Å². The second-order valence-corrected chi connectivity index (χ2v) is 6.07. The SMILES string of the molecule is CC1CCCCC12NC(=O)N(Cc1ccc(F)cc1)C2=O. The van der Waals surface area contributed by atoms with Gasteiger partial charge in [-0.25, -0.2) is 9.18 Å². The highest BCUT2D eigenvalue weighted by Gasteiger charge is 2.54. The summed E-state index contributed by atoms with van der Waals surface area (Å²) in [5, 5.41) is 2.91. The van der Waals surface area contributed by atoms with Crippen molar-refractivity contribution in [3.8, 4) is 0 Å². The van der Waals surface area contributed by atoms with Crippen LogP contribution >= 0.6 is 0 Å². The van der Waals surface area contributed by atoms with Crippen molar-refractivity contribution in [2.45, 2.75) is 44.7 Å². The van der Waals surface area contributed by atoms with Gasteiger partial charge in [-0.3, -0.25) is 9.69 Å². The number of benzene rings is 1. The number of hydrogen-bond donors (Lipinski definition) is 1. The molecule has 1 saturated carbocycles. The molecule has 1 aromatic carbocycles. The van der Waals surface area contributed by atoms with E-state index >= 15 is 0 Å². The number of nitrogens with zero attached hydrogens (tertiary/aromatic N) is 1. The zero-order valence-electron chi connectivity index (χ0n) is 12.1. The molecule has 0 radical (unpaired) electrons. The lowest BCUT2D eigenvalue weighted by Gasteiger charge is -2.36. The molecule has 1 spiro atoms. The molecule has 1 aliphatic heterocycles. The van der Waals surface area contributed by atoms with E-state index in [1.165, 1.54) is 17.0 Å². The topological polar surface area (TPSA) is 49.4 Å². The Morgan fingerprint density at radius 2 is 2.00 bits per heavy atom. The minimum atomic E-state index is -0.727. The summed E-state index contributed by atoms with van der Waals surface area (Å²) < 4.78 is 12.9. The number of urea groups is 1. The minimum Gasteiger partial charge on any atom is -0.323 e. The quantitative estimate of drug-likeness (QED) is 0.851. The second kappa shape index (κ2) is 5.13. The molecule has 0 bridgehead atoms. The summed E-state index contributed by atoms with van der Waals surface area (Å²) in [5.74, 6) is -0.307. The van der Waals surface area contributed by atoms with E-state index in [1.54, 1.807) is 12.1 Å². The Kier molecular flexibility index (Phi) is 3.43. The van der Waals surface area contributed by atoms with E-state index in [2.05, 4.69) is 5.32 Å². The molecule has 1 N–H and O–H groups in total. The van der Waals surface area contributed by atoms with E-state index in [4.69, 9.17) is 0 Å². The van der Waals surface area contributed by atoms with Gasteiger partial charge in [-0.15, -0.1) is 0 Å². The van der Waals surface area contributed by atoms with Crippen molar-refractivity contribution in [2.24, 2.45) is 5.92 Å². The van der Waals surface area contributed by atoms with Crippen LogP contribution < -0.4 is 5.32 Å². The third-order valence-electron chi connectivity index (χ3n) is 4.76. The smallest absolute Gasteiger partial charge is 0.323 e. The van der Waals surface area contributed by atoms with E-state index in [0.29, 0.717) is 6.42 Å². The number of hydrogen-bond acceptors (Lipinski definition) is 2. The molecule has 0 aromatic heterocycles. The molecule has 2 aliphatic rings. The van der Waals surface area contributed by atoms with Gasteiger partial charge in [-0.05, 0) is 36.5 Å². The lowest BCUT2D eigenvalue weighted by Crippen LogP contribution is -2.53. The van der Waals surface area contributed by atoms with Crippen molar-refractivity contribution in [3.63, 3.8) is 0 Å². The van der Waals surface area contributed by atoms with Crippen LogP contribution in [0.15, 0.2) is 24.3 Å². The largest absolute Gasteiger partial charge is 0.325 e. The molecule has 5 heteroatoms. The fraction of sp³-hybridized carbons (Fsp3) is 0.500. The highest BCUT2D eigenvalue weighted by molar-refractivity contribution is 6.07. The van der Waals surface area contributed by atoms with Crippen LogP contribution in [-0.4, -0.2) is 22.4 Å². The Bertz CT molecular complexity index is 572. The first-order valence-electron chi connectivity index (χ1n) is 7.41. The zero-order valence-corrected chi connectivity index (χ0v) is 12.1. The van der Waals surface area contributed by atoms with Crippen LogP contribution in [-0.2, 0) is 11.3 Å². The number of rotatable bonds is 2. The fourth-order valence-corrected chi connectivity index (χ4v) is 3.41. The van der Waals surface area contributed by atoms with E-state index in [9.17, 15) is 14.0 Å². The summed E-state index contributed by atoms with van der Waals surface area (Å²) in [5.41, 5.74) is 0.0236. The van der Waals surface area contributed by atoms with E-state index in [0.717, 1.165) is 24.8 Å². The molecule has 1 aromatic rings. The first-order chi connectivity index (χ1) is 10.0. The normalized spacial score (nSPS) is 29.0. The summed E-state index contributed by atoms with van der Waals surface area (Å²) in [7, 11) is 0. The van der Waals surface area contributed by atoms with Gasteiger partial charge in [0.15, 0.2) is 0 Å². The average molecular weight is 290 g/mol. The number of carbonyl (C=O) groups excluding carboxylic acids is 2. The molecule has 3 amide bonds. The number of halogens is 1. The molecular formula is C16H19FN2O2. The van der Waals surface area contributed by atoms with Crippen molar-refractivity contribution in [2.75, 3.05) is 0 Å². The molecule has 3 rings (SSSR count). The van der Waals surface area contributed by atoms with Crippen LogP contribution in [0.5, 0.6) is 0 Å². The molecular weight excluding hydrogens is 271 g/mol. The Labute approximate surface area is 123 Å². The van der Waals surface area contributed by atoms with Crippen molar-refractivity contribution in [3.05, 3.63) is 35.6 Å². The van der Waals surface area contributed by atoms with Gasteiger partial charge in [0, 0.05) is 0 Å². The van der Waals surface area contributed by atoms with Crippen molar-refractivity contribution >= 4 is 11.9 Å². The van der Waals surface area contributed by atoms with Gasteiger partial charge in [-0.2, -0.15) is 0 Å². The summed E-state index contributed by atoms with van der Waals surface area (Å²) in [4.78, 5) is 26.2. The van der Waals surface area contributed by atoms with Gasteiger partial charge < -0.3 is 5.32 Å². The second-order valence-electron chi connectivity index (χ2n) is 6.07. The van der Waals surface area contributed by atoms with Crippen LogP contribution in [0.25, 0.3) is 0 Å². The molecule has 2 fully saturated rings. The third kappa shape index (κ3) is 2.30. The molecule has 4 nitrogen and oxygen atoms in total. The number of amides is 3. The number of nitrogens with one attached hydrogen (secondary N) is 1. The predicted molar refractivity (Wildman–Crippen MR) is 75.8 cm³/mol. The Morgan fingerprint density at radius 1 is 1.29 bits per heavy atom. The number of carbonyl (C=O) groups is 2. The fourth-order valence-electron chi connectivity index (χ4n) is 3.41. The Balaban J connectivity index is 1.82. The van der Waals surface area contributed by atoms with Crippen LogP contribution in [0.1, 0.15) is 38.2 Å². The summed E-state index contributed by atoms with van der Waals surface area (Å²) in [6, 6.07) is 5.55. The molecule has 1 aliphatic carbocycles. The van der Waals surface area contributed by atoms with Crippen LogP contribution in [0, 0.1) is 11.7 Å². The lowest BCUT2D eigenvalue weighted by molar-refractivity contribution is -0.134. The minimum absolute atomic E-state index is 0.135. The summed E-state index contributed by atoms with van der Waals surface area (Å²) in [6.07, 6.45) is 3.72. The standard InChI is InChI=1S/C16H19FN2O2/c1-11-4-2-3-9-16(11)14(20)19(15(21)18-16)10-12-5-7-13(17)8-6-12/h5-8,11H,2-4,9-10H2,1H3,(H,18,21). The summed E-state index contributed by atoms with van der Waals surface area (Å²) >= 11 is 0. The predicted octanol–water partition coefficient (Wildman–Crippen LogP) is 2.83. The first kappa shape index (κ1) is 14.0. The average Bonchev–Trinajstić information content (AvgIpc) is 2.70. The maximum absolute atomic E-state index is 12.9. The molecule has 1 saturated heterocycles. The van der Waals surface area contributed by atoms with Gasteiger partial charge in [0.1, 0.15) is 11.4 Å². The van der Waals surface area contributed by atoms with Crippen molar-refractivity contribution in [1.82, 2.24) is 10.2 Å². The van der Waals surface area contributed by atoms with Gasteiger partial charge >= 0.3 is 6.03 Å². The molecule has 2 unspecified atom stereocenters. The maximum atomic E-state index is 12.9. The van der Waals surface area contributed by atoms with Gasteiger partial charge in [0.25, 0.3) is 5.91 Å². The Morgan fingerprint density at radius 3 is 2.67 bits per heavy atom. The van der Waals surface area contributed by atoms with Gasteiger partial charge in [0.2, 0.25) is 0 Å². The van der Waals surface area contributed by atoms with E-state index in [1.807, 2.05) is 6.92 Å². The van der Waals surface area contributed by atoms with Crippen LogP contribution in [0.2, 0.25) is 0 Å². The molecule has 21 heavy (non-hydrogen) atoms. The van der Waals surface area contributed by atoms with Crippen molar-refractivity contribution in [1.29, 1.82) is 0 Å². The first-order valence-corrected chi connectivity index (χ1v) is 7.41. The van der Waals surface area contributed by atoms with Gasteiger partial charge in [-0.1, -0.05) is 31.9 Å². The van der Waals surface area contributed by atoms with Gasteiger partial charge in [0.05, 0.1) is 6.54 Å². The van der Waals surface area contributed by atoms with Crippen LogP contribution in [0.4, 0.5) is 9.18 Å². The highest BCUT2D eigenvalue weighted by atomic mass is 19.1. The van der Waals surface area contributed by atoms with E-state index < -0.39 is 5.54 Å². The lowest BCUT2D eigenvalue weighted by atomic mass is 9.73. The third-order valence-corrected chi connectivity index (χ3v) is 4.76. The highest BCUT2D eigenvalue weighted by Crippen LogP contribution is 2.38. The molecule has 1 heterocycles. The monoisotopic (exact) mass is 290 g/mol. The number of imide groups is 1. The Hall–Kier alpha value is -1.91. The zero-order chi connectivity index (χ0) is 15.0. The maximum Gasteiger partial charge on any atom is 0.325 e. The molecule has 112 valence electrons. The van der Waals surface area contributed by atoms with Crippen molar-refractivity contribution < 1.29 is 14.0 Å². The van der Waals surface area contributed by atoms with Crippen LogP contribution in [0.3, 0.4) is 0 Å². The summed E-state index contributed by atoms with van der Waals surface area (Å²) in [6.45, 7) is 2.22.